The molecule has 8 heteroatoms. The summed E-state index contributed by atoms with van der Waals surface area (Å²) in [5.74, 6) is -0.375. The van der Waals surface area contributed by atoms with Gasteiger partial charge in [-0.3, -0.25) is 4.79 Å². The minimum absolute atomic E-state index is 0.00452. The predicted molar refractivity (Wildman–Crippen MR) is 99.6 cm³/mol. The van der Waals surface area contributed by atoms with E-state index in [1.807, 2.05) is 44.2 Å². The number of nitrogens with zero attached hydrogens (tertiary/aromatic N) is 2. The van der Waals surface area contributed by atoms with Gasteiger partial charge < -0.3 is 19.5 Å². The standard InChI is InChI=1S/C20H26N2O6/c1-14(2)16-11-28-19(26)22(16)17(23)20(8-9-21(12-20)18(24)25)13-27-10-15-6-4-3-5-7-15/h3-7,14,16H,8-13H2,1-2H3,(H,24,25)/t16-,20?/m1/s1. The van der Waals surface area contributed by atoms with Crippen LogP contribution in [0, 0.1) is 11.3 Å². The van der Waals surface area contributed by atoms with Gasteiger partial charge in [-0.2, -0.15) is 0 Å². The molecule has 0 aliphatic carbocycles. The Balaban J connectivity index is 1.79. The quantitative estimate of drug-likeness (QED) is 0.802. The first-order chi connectivity index (χ1) is 13.3. The Bertz CT molecular complexity index is 737. The zero-order valence-corrected chi connectivity index (χ0v) is 16.2. The lowest BCUT2D eigenvalue weighted by Crippen LogP contribution is -2.52. The fourth-order valence-electron chi connectivity index (χ4n) is 3.74. The molecule has 0 spiro atoms. The van der Waals surface area contributed by atoms with Crippen LogP contribution in [0.25, 0.3) is 0 Å². The summed E-state index contributed by atoms with van der Waals surface area (Å²) in [5, 5.41) is 9.36. The highest BCUT2D eigenvalue weighted by molar-refractivity contribution is 5.97. The highest BCUT2D eigenvalue weighted by Gasteiger charge is 2.53. The van der Waals surface area contributed by atoms with E-state index in [1.165, 1.54) is 9.80 Å². The van der Waals surface area contributed by atoms with E-state index in [1.54, 1.807) is 0 Å². The number of likely N-dealkylation sites (tertiary alicyclic amines) is 1. The molecule has 0 bridgehead atoms. The number of imide groups is 1. The summed E-state index contributed by atoms with van der Waals surface area (Å²) in [6.07, 6.45) is -1.44. The number of cyclic esters (lactones) is 1. The molecule has 1 unspecified atom stereocenters. The van der Waals surface area contributed by atoms with Crippen LogP contribution in [0.5, 0.6) is 0 Å². The topological polar surface area (TPSA) is 96.4 Å². The molecule has 152 valence electrons. The molecule has 1 N–H and O–H groups in total. The first-order valence-electron chi connectivity index (χ1n) is 9.44. The van der Waals surface area contributed by atoms with Crippen LogP contribution in [0.2, 0.25) is 0 Å². The molecule has 3 amide bonds. The van der Waals surface area contributed by atoms with Crippen LogP contribution in [0.15, 0.2) is 30.3 Å². The van der Waals surface area contributed by atoms with Crippen LogP contribution < -0.4 is 0 Å². The number of carbonyl (C=O) groups excluding carboxylic acids is 2. The molecule has 1 aromatic carbocycles. The minimum Gasteiger partial charge on any atom is -0.465 e. The molecule has 2 atom stereocenters. The second-order valence-electron chi connectivity index (χ2n) is 7.78. The lowest BCUT2D eigenvalue weighted by Gasteiger charge is -2.33. The van der Waals surface area contributed by atoms with Crippen LogP contribution in [0.3, 0.4) is 0 Å². The lowest BCUT2D eigenvalue weighted by atomic mass is 9.85. The van der Waals surface area contributed by atoms with Crippen LogP contribution in [0.1, 0.15) is 25.8 Å². The summed E-state index contributed by atoms with van der Waals surface area (Å²) >= 11 is 0. The van der Waals surface area contributed by atoms with Gasteiger partial charge in [0.1, 0.15) is 6.61 Å². The molecule has 2 fully saturated rings. The van der Waals surface area contributed by atoms with Crippen LogP contribution in [-0.4, -0.2) is 65.3 Å². The maximum Gasteiger partial charge on any atom is 0.417 e. The summed E-state index contributed by atoms with van der Waals surface area (Å²) in [6, 6.07) is 9.17. The summed E-state index contributed by atoms with van der Waals surface area (Å²) < 4.78 is 10.9. The summed E-state index contributed by atoms with van der Waals surface area (Å²) in [5.41, 5.74) is -0.136. The van der Waals surface area contributed by atoms with Gasteiger partial charge in [-0.1, -0.05) is 44.2 Å². The van der Waals surface area contributed by atoms with E-state index in [2.05, 4.69) is 0 Å². The molecule has 0 aromatic heterocycles. The molecular weight excluding hydrogens is 364 g/mol. The largest absolute Gasteiger partial charge is 0.465 e. The van der Waals surface area contributed by atoms with Crippen molar-refractivity contribution in [2.24, 2.45) is 11.3 Å². The van der Waals surface area contributed by atoms with E-state index in [4.69, 9.17) is 9.47 Å². The fourth-order valence-corrected chi connectivity index (χ4v) is 3.74. The smallest absolute Gasteiger partial charge is 0.417 e. The molecule has 2 aliphatic heterocycles. The van der Waals surface area contributed by atoms with Crippen molar-refractivity contribution in [1.82, 2.24) is 9.80 Å². The highest BCUT2D eigenvalue weighted by atomic mass is 16.6. The van der Waals surface area contributed by atoms with Gasteiger partial charge in [-0.05, 0) is 17.9 Å². The van der Waals surface area contributed by atoms with Gasteiger partial charge in [0.15, 0.2) is 0 Å². The molecule has 0 radical (unpaired) electrons. The maximum atomic E-state index is 13.4. The molecule has 3 rings (SSSR count). The SMILES string of the molecule is CC(C)[C@H]1COC(=O)N1C(=O)C1(COCc2ccccc2)CCN(C(=O)O)C1. The second kappa shape index (κ2) is 8.18. The van der Waals surface area contributed by atoms with Gasteiger partial charge in [0, 0.05) is 13.1 Å². The minimum atomic E-state index is -1.09. The second-order valence-corrected chi connectivity index (χ2v) is 7.78. The molecule has 8 nitrogen and oxygen atoms in total. The number of hydrogen-bond donors (Lipinski definition) is 1. The van der Waals surface area contributed by atoms with Crippen LogP contribution >= 0.6 is 0 Å². The van der Waals surface area contributed by atoms with E-state index in [9.17, 15) is 19.5 Å². The molecular formula is C20H26N2O6. The van der Waals surface area contributed by atoms with E-state index in [-0.39, 0.29) is 38.3 Å². The Hall–Kier alpha value is -2.61. The molecule has 2 saturated heterocycles. The van der Waals surface area contributed by atoms with Crippen molar-refractivity contribution < 1.29 is 29.0 Å². The Morgan fingerprint density at radius 2 is 2.04 bits per heavy atom. The number of rotatable bonds is 6. The van der Waals surface area contributed by atoms with Crippen LogP contribution in [0.4, 0.5) is 9.59 Å². The zero-order valence-electron chi connectivity index (χ0n) is 16.2. The summed E-state index contributed by atoms with van der Waals surface area (Å²) in [4.78, 5) is 39.5. The third-order valence-corrected chi connectivity index (χ3v) is 5.46. The van der Waals surface area contributed by atoms with Crippen LogP contribution in [-0.2, 0) is 20.9 Å². The number of amides is 3. The molecule has 1 aromatic rings. The van der Waals surface area contributed by atoms with Gasteiger partial charge in [0.05, 0.1) is 24.7 Å². The maximum absolute atomic E-state index is 13.4. The number of hydrogen-bond acceptors (Lipinski definition) is 5. The zero-order chi connectivity index (χ0) is 20.3. The number of benzene rings is 1. The first kappa shape index (κ1) is 20.1. The molecule has 0 saturated carbocycles. The van der Waals surface area contributed by atoms with Crippen molar-refractivity contribution in [3.63, 3.8) is 0 Å². The number of carbonyl (C=O) groups is 3. The van der Waals surface area contributed by atoms with E-state index in [0.29, 0.717) is 13.0 Å². The average Bonchev–Trinajstić information content (AvgIpc) is 3.27. The van der Waals surface area contributed by atoms with Crippen molar-refractivity contribution >= 4 is 18.1 Å². The molecule has 28 heavy (non-hydrogen) atoms. The normalized spacial score (nSPS) is 24.7. The summed E-state index contributed by atoms with van der Waals surface area (Å²) in [7, 11) is 0. The third-order valence-electron chi connectivity index (χ3n) is 5.46. The van der Waals surface area contributed by atoms with Gasteiger partial charge in [0.2, 0.25) is 5.91 Å². The third kappa shape index (κ3) is 3.96. The van der Waals surface area contributed by atoms with Crippen molar-refractivity contribution in [3.8, 4) is 0 Å². The van der Waals surface area contributed by atoms with E-state index in [0.717, 1.165) is 5.56 Å². The van der Waals surface area contributed by atoms with Gasteiger partial charge in [-0.15, -0.1) is 0 Å². The monoisotopic (exact) mass is 390 g/mol. The lowest BCUT2D eigenvalue weighted by molar-refractivity contribution is -0.144. The Kier molecular flexibility index (Phi) is 5.88. The predicted octanol–water partition coefficient (Wildman–Crippen LogP) is 2.58. The van der Waals surface area contributed by atoms with Crippen molar-refractivity contribution in [2.75, 3.05) is 26.3 Å². The number of carboxylic acid groups (broad SMARTS) is 1. The Morgan fingerprint density at radius 3 is 2.64 bits per heavy atom. The van der Waals surface area contributed by atoms with E-state index < -0.39 is 23.5 Å². The number of ether oxygens (including phenoxy) is 2. The van der Waals surface area contributed by atoms with E-state index >= 15 is 0 Å². The van der Waals surface area contributed by atoms with Crippen molar-refractivity contribution in [2.45, 2.75) is 32.9 Å². The van der Waals surface area contributed by atoms with Crippen molar-refractivity contribution in [1.29, 1.82) is 0 Å². The highest BCUT2D eigenvalue weighted by Crippen LogP contribution is 2.36. The van der Waals surface area contributed by atoms with Gasteiger partial charge in [0.25, 0.3) is 0 Å². The fraction of sp³-hybridized carbons (Fsp3) is 0.550. The van der Waals surface area contributed by atoms with Crippen molar-refractivity contribution in [3.05, 3.63) is 35.9 Å². The molecule has 2 aliphatic rings. The van der Waals surface area contributed by atoms with Gasteiger partial charge in [-0.25, -0.2) is 14.5 Å². The Labute approximate surface area is 164 Å². The van der Waals surface area contributed by atoms with Gasteiger partial charge >= 0.3 is 12.2 Å². The molecule has 2 heterocycles. The first-order valence-corrected chi connectivity index (χ1v) is 9.44. The summed E-state index contributed by atoms with van der Waals surface area (Å²) in [6.45, 7) is 4.58. The Morgan fingerprint density at radius 1 is 1.32 bits per heavy atom. The average molecular weight is 390 g/mol.